The Bertz CT molecular complexity index is 1220. The molecule has 0 atom stereocenters. The number of aryl methyl sites for hydroxylation is 1. The van der Waals surface area contributed by atoms with Gasteiger partial charge in [0.15, 0.2) is 5.96 Å². The van der Waals surface area contributed by atoms with Crippen LogP contribution >= 0.6 is 0 Å². The summed E-state index contributed by atoms with van der Waals surface area (Å²) in [5.74, 6) is 1.06. The molecule has 0 heterocycles. The van der Waals surface area contributed by atoms with Crippen LogP contribution in [0.5, 0.6) is 11.5 Å². The van der Waals surface area contributed by atoms with Crippen LogP contribution < -0.4 is 25.4 Å². The third kappa shape index (κ3) is 7.12. The number of allylic oxidation sites excluding steroid dienone is 1. The molecule has 7 heteroatoms. The summed E-state index contributed by atoms with van der Waals surface area (Å²) in [4.78, 5) is 12.7. The van der Waals surface area contributed by atoms with E-state index in [0.717, 1.165) is 30.4 Å². The van der Waals surface area contributed by atoms with Gasteiger partial charge in [-0.1, -0.05) is 54.1 Å². The first-order chi connectivity index (χ1) is 17.6. The van der Waals surface area contributed by atoms with E-state index >= 15 is 0 Å². The zero-order valence-electron chi connectivity index (χ0n) is 20.5. The fourth-order valence-corrected chi connectivity index (χ4v) is 3.75. The van der Waals surface area contributed by atoms with E-state index in [1.165, 1.54) is 5.57 Å². The number of para-hydroxylation sites is 1. The molecule has 0 saturated carbocycles. The monoisotopic (exact) mass is 484 g/mol. The minimum atomic E-state index is -0.164. The van der Waals surface area contributed by atoms with Gasteiger partial charge in [0.1, 0.15) is 11.5 Å². The number of ether oxygens (including phenoxy) is 2. The van der Waals surface area contributed by atoms with Crippen LogP contribution in [0.3, 0.4) is 0 Å². The molecular formula is C29H32N4O3. The van der Waals surface area contributed by atoms with E-state index in [1.807, 2.05) is 61.5 Å². The predicted octanol–water partition coefficient (Wildman–Crippen LogP) is 5.39. The number of carbonyl (C=O) groups is 1. The maximum absolute atomic E-state index is 12.7. The van der Waals surface area contributed by atoms with Gasteiger partial charge >= 0.3 is 0 Å². The van der Waals surface area contributed by atoms with Gasteiger partial charge in [0.05, 0.1) is 5.69 Å². The molecule has 1 aliphatic rings. The van der Waals surface area contributed by atoms with Gasteiger partial charge < -0.3 is 25.4 Å². The number of nitrogens with one attached hydrogen (secondary N) is 4. The first-order valence-electron chi connectivity index (χ1n) is 12.1. The average molecular weight is 485 g/mol. The molecule has 1 aliphatic carbocycles. The SMILES string of the molecule is Cc1ccccc1CNC(=N)Nc1ccc(C(=O)NCCC2=CCC2)cc1OCOc1ccccc1. The van der Waals surface area contributed by atoms with Crippen molar-refractivity contribution >= 4 is 17.6 Å². The van der Waals surface area contributed by atoms with Crippen LogP contribution in [0, 0.1) is 12.3 Å². The zero-order valence-corrected chi connectivity index (χ0v) is 20.5. The van der Waals surface area contributed by atoms with Crippen molar-refractivity contribution in [3.05, 3.63) is 101 Å². The van der Waals surface area contributed by atoms with E-state index in [1.54, 1.807) is 18.2 Å². The summed E-state index contributed by atoms with van der Waals surface area (Å²) in [6.45, 7) is 3.12. The number of benzene rings is 3. The lowest BCUT2D eigenvalue weighted by Crippen LogP contribution is -2.29. The van der Waals surface area contributed by atoms with Gasteiger partial charge in [-0.2, -0.15) is 0 Å². The molecule has 1 amide bonds. The minimum absolute atomic E-state index is 0.0398. The molecule has 3 aromatic carbocycles. The Balaban J connectivity index is 1.40. The van der Waals surface area contributed by atoms with Crippen molar-refractivity contribution in [2.75, 3.05) is 18.7 Å². The highest BCUT2D eigenvalue weighted by Gasteiger charge is 2.13. The van der Waals surface area contributed by atoms with Gasteiger partial charge in [-0.15, -0.1) is 0 Å². The Morgan fingerprint density at radius 1 is 0.972 bits per heavy atom. The molecule has 0 saturated heterocycles. The molecule has 7 nitrogen and oxygen atoms in total. The lowest BCUT2D eigenvalue weighted by molar-refractivity contribution is 0.0951. The van der Waals surface area contributed by atoms with Crippen LogP contribution in [-0.4, -0.2) is 25.2 Å². The summed E-state index contributed by atoms with van der Waals surface area (Å²) in [6, 6.07) is 22.5. The summed E-state index contributed by atoms with van der Waals surface area (Å²) in [7, 11) is 0. The molecular weight excluding hydrogens is 452 g/mol. The molecule has 0 aromatic heterocycles. The lowest BCUT2D eigenvalue weighted by atomic mass is 9.96. The molecule has 36 heavy (non-hydrogen) atoms. The highest BCUT2D eigenvalue weighted by Crippen LogP contribution is 2.27. The molecule has 186 valence electrons. The standard InChI is InChI=1S/C29H32N4O3/c1-21-8-5-6-11-24(21)19-32-29(30)33-26-15-14-23(28(34)31-17-16-22-9-7-10-22)18-27(26)36-20-35-25-12-3-2-4-13-25/h2-6,8-9,11-15,18H,7,10,16-17,19-20H2,1H3,(H,31,34)(H3,30,32,33). The third-order valence-electron chi connectivity index (χ3n) is 6.03. The molecule has 0 aliphatic heterocycles. The number of hydrogen-bond acceptors (Lipinski definition) is 4. The number of rotatable bonds is 11. The van der Waals surface area contributed by atoms with Crippen molar-refractivity contribution in [1.29, 1.82) is 5.41 Å². The van der Waals surface area contributed by atoms with Gasteiger partial charge in [0.25, 0.3) is 5.91 Å². The van der Waals surface area contributed by atoms with Crippen LogP contribution in [0.4, 0.5) is 5.69 Å². The highest BCUT2D eigenvalue weighted by atomic mass is 16.7. The topological polar surface area (TPSA) is 95.5 Å². The van der Waals surface area contributed by atoms with Crippen LogP contribution in [-0.2, 0) is 6.54 Å². The number of amides is 1. The second kappa shape index (κ2) is 12.4. The minimum Gasteiger partial charge on any atom is -0.458 e. The molecule has 0 spiro atoms. The number of carbonyl (C=O) groups excluding carboxylic acids is 1. The van der Waals surface area contributed by atoms with Crippen molar-refractivity contribution in [3.63, 3.8) is 0 Å². The first kappa shape index (κ1) is 24.9. The summed E-state index contributed by atoms with van der Waals surface area (Å²) in [5.41, 5.74) is 4.71. The smallest absolute Gasteiger partial charge is 0.251 e. The molecule has 4 rings (SSSR count). The van der Waals surface area contributed by atoms with Gasteiger partial charge in [-0.25, -0.2) is 0 Å². The predicted molar refractivity (Wildman–Crippen MR) is 143 cm³/mol. The Morgan fingerprint density at radius 2 is 1.75 bits per heavy atom. The highest BCUT2D eigenvalue weighted by molar-refractivity contribution is 5.97. The Hall–Kier alpha value is -4.26. The van der Waals surface area contributed by atoms with E-state index < -0.39 is 0 Å². The summed E-state index contributed by atoms with van der Waals surface area (Å²) in [5, 5.41) is 17.4. The van der Waals surface area contributed by atoms with Crippen molar-refractivity contribution in [3.8, 4) is 11.5 Å². The van der Waals surface area contributed by atoms with Gasteiger partial charge in [0.2, 0.25) is 6.79 Å². The van der Waals surface area contributed by atoms with Crippen LogP contribution in [0.2, 0.25) is 0 Å². The Kier molecular flexibility index (Phi) is 8.59. The van der Waals surface area contributed by atoms with Crippen LogP contribution in [0.15, 0.2) is 84.4 Å². The average Bonchev–Trinajstić information content (AvgIpc) is 2.86. The maximum atomic E-state index is 12.7. The van der Waals surface area contributed by atoms with E-state index in [9.17, 15) is 4.79 Å². The largest absolute Gasteiger partial charge is 0.458 e. The first-order valence-corrected chi connectivity index (χ1v) is 12.1. The van der Waals surface area contributed by atoms with E-state index in [-0.39, 0.29) is 18.7 Å². The zero-order chi connectivity index (χ0) is 25.2. The van der Waals surface area contributed by atoms with E-state index in [0.29, 0.717) is 35.8 Å². The van der Waals surface area contributed by atoms with Crippen molar-refractivity contribution in [2.45, 2.75) is 32.7 Å². The fourth-order valence-electron chi connectivity index (χ4n) is 3.75. The number of hydrogen-bond donors (Lipinski definition) is 4. The van der Waals surface area contributed by atoms with Crippen LogP contribution in [0.1, 0.15) is 40.7 Å². The number of anilines is 1. The van der Waals surface area contributed by atoms with Gasteiger partial charge in [-0.3, -0.25) is 10.2 Å². The third-order valence-corrected chi connectivity index (χ3v) is 6.03. The summed E-state index contributed by atoms with van der Waals surface area (Å²) in [6.07, 6.45) is 5.36. The molecule has 3 aromatic rings. The summed E-state index contributed by atoms with van der Waals surface area (Å²) >= 11 is 0. The quantitative estimate of drug-likeness (QED) is 0.127. The van der Waals surface area contributed by atoms with Gasteiger partial charge in [-0.05, 0) is 67.6 Å². The molecule has 0 radical (unpaired) electrons. The number of guanidine groups is 1. The van der Waals surface area contributed by atoms with Crippen molar-refractivity contribution < 1.29 is 14.3 Å². The molecule has 0 fully saturated rings. The lowest BCUT2D eigenvalue weighted by Gasteiger charge is -2.17. The van der Waals surface area contributed by atoms with Crippen LogP contribution in [0.25, 0.3) is 0 Å². The normalized spacial score (nSPS) is 12.1. The fraction of sp³-hybridized carbons (Fsp3) is 0.241. The summed E-state index contributed by atoms with van der Waals surface area (Å²) < 4.78 is 11.6. The van der Waals surface area contributed by atoms with Crippen molar-refractivity contribution in [1.82, 2.24) is 10.6 Å². The van der Waals surface area contributed by atoms with E-state index in [2.05, 4.69) is 22.0 Å². The molecule has 0 bridgehead atoms. The second-order valence-electron chi connectivity index (χ2n) is 8.62. The molecule has 0 unspecified atom stereocenters. The Labute approximate surface area is 212 Å². The van der Waals surface area contributed by atoms with Crippen molar-refractivity contribution in [2.24, 2.45) is 0 Å². The van der Waals surface area contributed by atoms with E-state index in [4.69, 9.17) is 14.9 Å². The molecule has 4 N–H and O–H groups in total. The van der Waals surface area contributed by atoms with Gasteiger partial charge in [0, 0.05) is 18.7 Å². The Morgan fingerprint density at radius 3 is 2.50 bits per heavy atom. The maximum Gasteiger partial charge on any atom is 0.251 e. The second-order valence-corrected chi connectivity index (χ2v) is 8.62.